The Bertz CT molecular complexity index is 587. The van der Waals surface area contributed by atoms with Gasteiger partial charge in [0.25, 0.3) is 0 Å². The van der Waals surface area contributed by atoms with Crippen molar-refractivity contribution in [1.29, 1.82) is 0 Å². The van der Waals surface area contributed by atoms with Crippen molar-refractivity contribution in [2.75, 3.05) is 38.8 Å². The summed E-state index contributed by atoms with van der Waals surface area (Å²) >= 11 is 0. The van der Waals surface area contributed by atoms with Crippen molar-refractivity contribution in [3.63, 3.8) is 0 Å². The second-order valence-electron chi connectivity index (χ2n) is 4.85. The smallest absolute Gasteiger partial charge is 0.338 e. The van der Waals surface area contributed by atoms with Crippen molar-refractivity contribution in [3.05, 3.63) is 27.8 Å². The first kappa shape index (κ1) is 17.0. The molecule has 1 aromatic rings. The molecular weight excluding hydrogens is 308 g/mol. The zero-order valence-electron chi connectivity index (χ0n) is 12.6. The minimum atomic E-state index is -0.642. The molecule has 0 aromatic heterocycles. The van der Waals surface area contributed by atoms with Gasteiger partial charge in [-0.3, -0.25) is 10.1 Å². The molecule has 1 aliphatic heterocycles. The van der Waals surface area contributed by atoms with Gasteiger partial charge in [-0.1, -0.05) is 0 Å². The van der Waals surface area contributed by atoms with E-state index in [1.54, 1.807) is 0 Å². The van der Waals surface area contributed by atoms with Crippen LogP contribution in [0, 0.1) is 10.1 Å². The Balaban J connectivity index is 2.36. The average Bonchev–Trinajstić information content (AvgIpc) is 2.49. The Morgan fingerprint density at radius 3 is 2.83 bits per heavy atom. The standard InChI is InChI=1S/C14H18N2O7/c1-21-14(18)9-6-11(15-8-10-2-4-22-10)13(16(19)20)12(7-9)23-5-3-17/h6-7,10,15,17H,2-5,8H2,1H3/t10-/m0/s1. The SMILES string of the molecule is COC(=O)c1cc(NC[C@@H]2CCO2)c([N+](=O)[O-])c(OCCO)c1. The molecular formula is C14H18N2O7. The topological polar surface area (TPSA) is 120 Å². The van der Waals surface area contributed by atoms with Gasteiger partial charge in [0, 0.05) is 19.2 Å². The van der Waals surface area contributed by atoms with Crippen LogP contribution in [-0.2, 0) is 9.47 Å². The van der Waals surface area contributed by atoms with Gasteiger partial charge in [-0.2, -0.15) is 0 Å². The summed E-state index contributed by atoms with van der Waals surface area (Å²) in [7, 11) is 1.22. The van der Waals surface area contributed by atoms with E-state index < -0.39 is 10.9 Å². The summed E-state index contributed by atoms with van der Waals surface area (Å²) in [5.41, 5.74) is -0.0465. The fourth-order valence-corrected chi connectivity index (χ4v) is 2.10. The number of benzene rings is 1. The first-order chi connectivity index (χ1) is 11.1. The summed E-state index contributed by atoms with van der Waals surface area (Å²) in [5, 5.41) is 23.1. The molecule has 1 saturated heterocycles. The van der Waals surface area contributed by atoms with E-state index in [1.807, 2.05) is 0 Å². The number of methoxy groups -OCH3 is 1. The quantitative estimate of drug-likeness (QED) is 0.411. The number of nitrogens with zero attached hydrogens (tertiary/aromatic N) is 1. The third-order valence-electron chi connectivity index (χ3n) is 3.34. The first-order valence-electron chi connectivity index (χ1n) is 7.06. The van der Waals surface area contributed by atoms with Crippen LogP contribution in [0.4, 0.5) is 11.4 Å². The maximum Gasteiger partial charge on any atom is 0.338 e. The lowest BCUT2D eigenvalue weighted by Gasteiger charge is -2.27. The summed E-state index contributed by atoms with van der Waals surface area (Å²) in [6.45, 7) is 0.612. The van der Waals surface area contributed by atoms with Crippen LogP contribution in [0.15, 0.2) is 12.1 Å². The molecule has 1 heterocycles. The van der Waals surface area contributed by atoms with Crippen LogP contribution >= 0.6 is 0 Å². The second-order valence-corrected chi connectivity index (χ2v) is 4.85. The number of aliphatic hydroxyl groups is 1. The van der Waals surface area contributed by atoms with Crippen molar-refractivity contribution >= 4 is 17.3 Å². The number of hydrogen-bond donors (Lipinski definition) is 2. The molecule has 0 bridgehead atoms. The molecule has 23 heavy (non-hydrogen) atoms. The molecule has 2 N–H and O–H groups in total. The van der Waals surface area contributed by atoms with E-state index in [4.69, 9.17) is 14.6 Å². The molecule has 1 aromatic carbocycles. The second kappa shape index (κ2) is 7.75. The van der Waals surface area contributed by atoms with E-state index in [0.29, 0.717) is 13.2 Å². The number of hydrogen-bond acceptors (Lipinski definition) is 8. The third kappa shape index (κ3) is 4.08. The van der Waals surface area contributed by atoms with Crippen molar-refractivity contribution in [2.45, 2.75) is 12.5 Å². The zero-order valence-corrected chi connectivity index (χ0v) is 12.6. The highest BCUT2D eigenvalue weighted by atomic mass is 16.6. The Labute approximate surface area is 132 Å². The fraction of sp³-hybridized carbons (Fsp3) is 0.500. The van der Waals surface area contributed by atoms with Gasteiger partial charge < -0.3 is 24.6 Å². The number of carbonyl (C=O) groups is 1. The van der Waals surface area contributed by atoms with Crippen LogP contribution < -0.4 is 10.1 Å². The highest BCUT2D eigenvalue weighted by molar-refractivity contribution is 5.93. The van der Waals surface area contributed by atoms with E-state index in [9.17, 15) is 14.9 Å². The van der Waals surface area contributed by atoms with Gasteiger partial charge in [-0.15, -0.1) is 0 Å². The average molecular weight is 326 g/mol. The van der Waals surface area contributed by atoms with Crippen molar-refractivity contribution in [3.8, 4) is 5.75 Å². The van der Waals surface area contributed by atoms with Crippen LogP contribution in [0.25, 0.3) is 0 Å². The molecule has 9 nitrogen and oxygen atoms in total. The third-order valence-corrected chi connectivity index (χ3v) is 3.34. The molecule has 0 aliphatic carbocycles. The number of esters is 1. The predicted octanol–water partition coefficient (Wildman–Crippen LogP) is 0.953. The normalized spacial score (nSPS) is 16.3. The Kier molecular flexibility index (Phi) is 5.72. The largest absolute Gasteiger partial charge is 0.484 e. The number of nitro groups is 1. The number of anilines is 1. The predicted molar refractivity (Wildman–Crippen MR) is 79.9 cm³/mol. The van der Waals surface area contributed by atoms with E-state index >= 15 is 0 Å². The van der Waals surface area contributed by atoms with E-state index in [1.165, 1.54) is 19.2 Å². The number of ether oxygens (including phenoxy) is 3. The number of rotatable bonds is 8. The Morgan fingerprint density at radius 2 is 2.30 bits per heavy atom. The Hall–Kier alpha value is -2.39. The van der Waals surface area contributed by atoms with E-state index in [2.05, 4.69) is 10.1 Å². The van der Waals surface area contributed by atoms with Gasteiger partial charge in [-0.05, 0) is 12.5 Å². The molecule has 0 radical (unpaired) electrons. The molecule has 0 unspecified atom stereocenters. The van der Waals surface area contributed by atoms with Gasteiger partial charge in [-0.25, -0.2) is 4.79 Å². The summed E-state index contributed by atoms with van der Waals surface area (Å²) in [5.74, 6) is -0.749. The highest BCUT2D eigenvalue weighted by Crippen LogP contribution is 2.37. The summed E-state index contributed by atoms with van der Waals surface area (Å²) in [6, 6.07) is 2.57. The molecule has 1 aliphatic rings. The lowest BCUT2D eigenvalue weighted by atomic mass is 10.1. The lowest BCUT2D eigenvalue weighted by molar-refractivity contribution is -0.385. The minimum absolute atomic E-state index is 0.0156. The van der Waals surface area contributed by atoms with Gasteiger partial charge in [0.05, 0.1) is 30.3 Å². The number of nitrogens with one attached hydrogen (secondary N) is 1. The first-order valence-corrected chi connectivity index (χ1v) is 7.06. The van der Waals surface area contributed by atoms with Gasteiger partial charge in [0.15, 0.2) is 5.75 Å². The number of nitro benzene ring substituents is 1. The van der Waals surface area contributed by atoms with Crippen molar-refractivity contribution < 1.29 is 29.0 Å². The minimum Gasteiger partial charge on any atom is -0.484 e. The molecule has 1 atom stereocenters. The van der Waals surface area contributed by atoms with Crippen molar-refractivity contribution in [2.24, 2.45) is 0 Å². The maximum atomic E-state index is 11.7. The number of carbonyl (C=O) groups excluding carboxylic acids is 1. The van der Waals surface area contributed by atoms with Gasteiger partial charge in [0.2, 0.25) is 0 Å². The van der Waals surface area contributed by atoms with Gasteiger partial charge >= 0.3 is 11.7 Å². The lowest BCUT2D eigenvalue weighted by Crippen LogP contribution is -2.33. The molecule has 0 saturated carbocycles. The number of aliphatic hydroxyl groups excluding tert-OH is 1. The van der Waals surface area contributed by atoms with E-state index in [-0.39, 0.29) is 42.0 Å². The van der Waals surface area contributed by atoms with Crippen molar-refractivity contribution in [1.82, 2.24) is 0 Å². The summed E-state index contributed by atoms with van der Waals surface area (Å²) < 4.78 is 15.1. The molecule has 2 rings (SSSR count). The fourth-order valence-electron chi connectivity index (χ4n) is 2.10. The summed E-state index contributed by atoms with van der Waals surface area (Å²) in [6.07, 6.45) is 0.851. The Morgan fingerprint density at radius 1 is 1.57 bits per heavy atom. The van der Waals surface area contributed by atoms with Crippen LogP contribution in [0.2, 0.25) is 0 Å². The van der Waals surface area contributed by atoms with Crippen LogP contribution in [0.3, 0.4) is 0 Å². The maximum absolute atomic E-state index is 11.7. The van der Waals surface area contributed by atoms with Crippen LogP contribution in [-0.4, -0.2) is 55.6 Å². The van der Waals surface area contributed by atoms with E-state index in [0.717, 1.165) is 6.42 Å². The zero-order chi connectivity index (χ0) is 16.8. The molecule has 0 spiro atoms. The molecule has 1 fully saturated rings. The van der Waals surface area contributed by atoms with Crippen LogP contribution in [0.1, 0.15) is 16.8 Å². The molecule has 9 heteroatoms. The monoisotopic (exact) mass is 326 g/mol. The van der Waals surface area contributed by atoms with Gasteiger partial charge in [0.1, 0.15) is 12.3 Å². The molecule has 126 valence electrons. The molecule has 0 amide bonds. The summed E-state index contributed by atoms with van der Waals surface area (Å²) in [4.78, 5) is 22.5. The van der Waals surface area contributed by atoms with Crippen LogP contribution in [0.5, 0.6) is 5.75 Å². The highest BCUT2D eigenvalue weighted by Gasteiger charge is 2.26.